The van der Waals surface area contributed by atoms with Gasteiger partial charge in [0, 0.05) is 17.1 Å². The molecule has 0 saturated heterocycles. The van der Waals surface area contributed by atoms with Gasteiger partial charge in [-0.3, -0.25) is 15.1 Å². The van der Waals surface area contributed by atoms with E-state index in [1.165, 1.54) is 0 Å². The van der Waals surface area contributed by atoms with Gasteiger partial charge in [0.1, 0.15) is 6.04 Å². The molecular weight excluding hydrogens is 204 g/mol. The molecule has 0 aliphatic carbocycles. The molecule has 16 heavy (non-hydrogen) atoms. The third-order valence-corrected chi connectivity index (χ3v) is 2.94. The summed E-state index contributed by atoms with van der Waals surface area (Å²) in [5.41, 5.74) is 1.94. The fourth-order valence-corrected chi connectivity index (χ4v) is 2.07. The van der Waals surface area contributed by atoms with Crippen molar-refractivity contribution in [2.75, 3.05) is 0 Å². The van der Waals surface area contributed by atoms with Crippen LogP contribution in [0.1, 0.15) is 31.4 Å². The Labute approximate surface area is 94.2 Å². The average molecular weight is 218 g/mol. The zero-order chi connectivity index (χ0) is 11.5. The third-order valence-electron chi connectivity index (χ3n) is 2.94. The molecule has 1 aromatic rings. The van der Waals surface area contributed by atoms with Gasteiger partial charge in [-0.15, -0.1) is 0 Å². The van der Waals surface area contributed by atoms with Crippen molar-refractivity contribution in [1.29, 1.82) is 0 Å². The first-order valence-corrected chi connectivity index (χ1v) is 5.40. The fraction of sp³-hybridized carbons (Fsp3) is 0.417. The Balaban J connectivity index is 2.35. The van der Waals surface area contributed by atoms with Gasteiger partial charge < -0.3 is 0 Å². The van der Waals surface area contributed by atoms with E-state index in [1.54, 1.807) is 0 Å². The van der Waals surface area contributed by atoms with Gasteiger partial charge in [0.15, 0.2) is 0 Å². The van der Waals surface area contributed by atoms with E-state index in [9.17, 15) is 10.1 Å². The summed E-state index contributed by atoms with van der Waals surface area (Å²) in [6, 6.07) is 8.62. The summed E-state index contributed by atoms with van der Waals surface area (Å²) in [4.78, 5) is 15.2. The standard InChI is InChI=1S/C12H14N2O2/c1-9-7-8-11(14(15)16)12(13-9)10-5-3-2-4-6-10/h2-6,11-12H,7-8H2,1H3. The lowest BCUT2D eigenvalue weighted by Crippen LogP contribution is -2.30. The van der Waals surface area contributed by atoms with Crippen molar-refractivity contribution in [3.8, 4) is 0 Å². The highest BCUT2D eigenvalue weighted by molar-refractivity contribution is 5.82. The Morgan fingerprint density at radius 3 is 2.69 bits per heavy atom. The molecule has 1 heterocycles. The molecule has 2 atom stereocenters. The van der Waals surface area contributed by atoms with Gasteiger partial charge in [0.05, 0.1) is 0 Å². The van der Waals surface area contributed by atoms with Crippen LogP contribution in [0.5, 0.6) is 0 Å². The van der Waals surface area contributed by atoms with Crippen LogP contribution in [0.15, 0.2) is 35.3 Å². The molecule has 0 bridgehead atoms. The van der Waals surface area contributed by atoms with E-state index in [0.29, 0.717) is 6.42 Å². The smallest absolute Gasteiger partial charge is 0.239 e. The van der Waals surface area contributed by atoms with Crippen LogP contribution in [0.3, 0.4) is 0 Å². The maximum atomic E-state index is 11.0. The van der Waals surface area contributed by atoms with Crippen molar-refractivity contribution in [1.82, 2.24) is 0 Å². The highest BCUT2D eigenvalue weighted by Gasteiger charge is 2.34. The van der Waals surface area contributed by atoms with E-state index in [-0.39, 0.29) is 11.0 Å². The number of benzene rings is 1. The molecular formula is C12H14N2O2. The highest BCUT2D eigenvalue weighted by atomic mass is 16.6. The number of nitrogens with zero attached hydrogens (tertiary/aromatic N) is 2. The van der Waals surface area contributed by atoms with E-state index in [2.05, 4.69) is 4.99 Å². The zero-order valence-corrected chi connectivity index (χ0v) is 9.17. The molecule has 0 N–H and O–H groups in total. The van der Waals surface area contributed by atoms with Gasteiger partial charge in [-0.1, -0.05) is 30.3 Å². The number of rotatable bonds is 2. The van der Waals surface area contributed by atoms with Crippen molar-refractivity contribution < 1.29 is 4.92 Å². The Morgan fingerprint density at radius 2 is 2.06 bits per heavy atom. The van der Waals surface area contributed by atoms with Gasteiger partial charge in [-0.25, -0.2) is 0 Å². The first kappa shape index (κ1) is 10.8. The monoisotopic (exact) mass is 218 g/mol. The Morgan fingerprint density at radius 1 is 1.38 bits per heavy atom. The summed E-state index contributed by atoms with van der Waals surface area (Å²) >= 11 is 0. The molecule has 2 rings (SSSR count). The molecule has 0 radical (unpaired) electrons. The van der Waals surface area contributed by atoms with Gasteiger partial charge in [0.2, 0.25) is 6.04 Å². The lowest BCUT2D eigenvalue weighted by atomic mass is 9.92. The molecule has 0 aromatic heterocycles. The molecule has 4 heteroatoms. The summed E-state index contributed by atoms with van der Waals surface area (Å²) in [7, 11) is 0. The quantitative estimate of drug-likeness (QED) is 0.566. The zero-order valence-electron chi connectivity index (χ0n) is 9.17. The van der Waals surface area contributed by atoms with Crippen molar-refractivity contribution in [2.45, 2.75) is 31.8 Å². The second kappa shape index (κ2) is 4.43. The summed E-state index contributed by atoms with van der Waals surface area (Å²) in [6.07, 6.45) is 1.32. The van der Waals surface area contributed by atoms with Crippen molar-refractivity contribution in [3.05, 3.63) is 46.0 Å². The van der Waals surface area contributed by atoms with Crippen LogP contribution < -0.4 is 0 Å². The molecule has 0 fully saturated rings. The Hall–Kier alpha value is -1.71. The summed E-state index contributed by atoms with van der Waals surface area (Å²) in [5.74, 6) is 0. The van der Waals surface area contributed by atoms with Crippen molar-refractivity contribution >= 4 is 5.71 Å². The van der Waals surface area contributed by atoms with E-state index >= 15 is 0 Å². The molecule has 2 unspecified atom stereocenters. The minimum atomic E-state index is -0.578. The van der Waals surface area contributed by atoms with E-state index < -0.39 is 6.04 Å². The van der Waals surface area contributed by atoms with Crippen LogP contribution in [-0.2, 0) is 0 Å². The van der Waals surface area contributed by atoms with E-state index in [4.69, 9.17) is 0 Å². The number of hydrogen-bond donors (Lipinski definition) is 0. The molecule has 1 aromatic carbocycles. The molecule has 4 nitrogen and oxygen atoms in total. The topological polar surface area (TPSA) is 55.5 Å². The van der Waals surface area contributed by atoms with Gasteiger partial charge >= 0.3 is 0 Å². The van der Waals surface area contributed by atoms with Crippen LogP contribution in [0.4, 0.5) is 0 Å². The predicted molar refractivity (Wildman–Crippen MR) is 62.3 cm³/mol. The first-order valence-electron chi connectivity index (χ1n) is 5.40. The van der Waals surface area contributed by atoms with Crippen molar-refractivity contribution in [3.63, 3.8) is 0 Å². The van der Waals surface area contributed by atoms with E-state index in [0.717, 1.165) is 17.7 Å². The summed E-state index contributed by atoms with van der Waals surface area (Å²) < 4.78 is 0. The summed E-state index contributed by atoms with van der Waals surface area (Å²) in [5, 5.41) is 11.0. The van der Waals surface area contributed by atoms with Crippen LogP contribution in [0, 0.1) is 10.1 Å². The first-order chi connectivity index (χ1) is 7.68. The molecule has 1 aliphatic rings. The Kier molecular flexibility index (Phi) is 2.99. The highest BCUT2D eigenvalue weighted by Crippen LogP contribution is 2.30. The molecule has 0 spiro atoms. The molecule has 0 saturated carbocycles. The maximum absolute atomic E-state index is 11.0. The van der Waals surface area contributed by atoms with Crippen LogP contribution >= 0.6 is 0 Å². The lowest BCUT2D eigenvalue weighted by molar-refractivity contribution is -0.528. The second-order valence-electron chi connectivity index (χ2n) is 4.11. The van der Waals surface area contributed by atoms with Gasteiger partial charge in [0.25, 0.3) is 0 Å². The van der Waals surface area contributed by atoms with Gasteiger partial charge in [-0.05, 0) is 18.9 Å². The maximum Gasteiger partial charge on any atom is 0.239 e. The SMILES string of the molecule is CC1=NC(c2ccccc2)C([N+](=O)[O-])CC1. The second-order valence-corrected chi connectivity index (χ2v) is 4.11. The largest absolute Gasteiger partial charge is 0.279 e. The summed E-state index contributed by atoms with van der Waals surface area (Å²) in [6.45, 7) is 1.94. The van der Waals surface area contributed by atoms with Crippen LogP contribution in [0.25, 0.3) is 0 Å². The Bertz CT molecular complexity index is 414. The van der Waals surface area contributed by atoms with Crippen molar-refractivity contribution in [2.24, 2.45) is 4.99 Å². The predicted octanol–water partition coefficient (Wildman–Crippen LogP) is 2.63. The third kappa shape index (κ3) is 2.10. The number of hydrogen-bond acceptors (Lipinski definition) is 3. The molecule has 0 amide bonds. The lowest BCUT2D eigenvalue weighted by Gasteiger charge is -2.22. The number of aliphatic imine (C=N–C) groups is 1. The normalized spacial score (nSPS) is 24.9. The molecule has 84 valence electrons. The van der Waals surface area contributed by atoms with Crippen LogP contribution in [-0.4, -0.2) is 16.7 Å². The average Bonchev–Trinajstić information content (AvgIpc) is 2.29. The fourth-order valence-electron chi connectivity index (χ4n) is 2.07. The van der Waals surface area contributed by atoms with Gasteiger partial charge in [-0.2, -0.15) is 0 Å². The minimum absolute atomic E-state index is 0.201. The molecule has 1 aliphatic heterocycles. The number of nitro groups is 1. The van der Waals surface area contributed by atoms with Crippen LogP contribution in [0.2, 0.25) is 0 Å². The minimum Gasteiger partial charge on any atom is -0.279 e. The van der Waals surface area contributed by atoms with E-state index in [1.807, 2.05) is 37.3 Å².